The van der Waals surface area contributed by atoms with Crippen molar-refractivity contribution in [3.05, 3.63) is 180 Å². The summed E-state index contributed by atoms with van der Waals surface area (Å²) in [5.74, 6) is 0.727. The largest absolute Gasteiger partial charge is 0.228 e. The molecule has 0 fully saturated rings. The van der Waals surface area contributed by atoms with Gasteiger partial charge < -0.3 is 0 Å². The molecule has 248 valence electrons. The highest BCUT2D eigenvalue weighted by Gasteiger charge is 2.37. The van der Waals surface area contributed by atoms with Gasteiger partial charge >= 0.3 is 0 Å². The van der Waals surface area contributed by atoms with E-state index < -0.39 is 0 Å². The van der Waals surface area contributed by atoms with Crippen molar-refractivity contribution in [2.45, 2.75) is 38.5 Å². The zero-order valence-electron chi connectivity index (χ0n) is 29.9. The van der Waals surface area contributed by atoms with Gasteiger partial charge in [0.1, 0.15) is 0 Å². The van der Waals surface area contributed by atoms with Crippen LogP contribution in [0.2, 0.25) is 0 Å². The summed E-state index contributed by atoms with van der Waals surface area (Å²) in [5, 5.41) is 2.39. The fourth-order valence-electron chi connectivity index (χ4n) is 9.05. The lowest BCUT2D eigenvalue weighted by atomic mass is 9.81. The van der Waals surface area contributed by atoms with E-state index in [1.165, 1.54) is 66.4 Å². The number of benzene rings is 7. The topological polar surface area (TPSA) is 25.8 Å². The Balaban J connectivity index is 1.17. The van der Waals surface area contributed by atoms with Gasteiger partial charge in [-0.2, -0.15) is 0 Å². The van der Waals surface area contributed by atoms with Gasteiger partial charge in [-0.05, 0) is 78.5 Å². The molecule has 0 N–H and O–H groups in total. The molecule has 0 amide bonds. The Kier molecular flexibility index (Phi) is 6.60. The number of nitrogens with zero attached hydrogens (tertiary/aromatic N) is 2. The number of aromatic nitrogens is 2. The lowest BCUT2D eigenvalue weighted by Gasteiger charge is -2.22. The van der Waals surface area contributed by atoms with Crippen molar-refractivity contribution >= 4 is 10.8 Å². The van der Waals surface area contributed by atoms with Gasteiger partial charge in [0.2, 0.25) is 0 Å². The summed E-state index contributed by atoms with van der Waals surface area (Å²) < 4.78 is 0. The van der Waals surface area contributed by atoms with E-state index >= 15 is 0 Å². The van der Waals surface area contributed by atoms with Crippen LogP contribution in [0, 0.1) is 0 Å². The Labute approximate surface area is 305 Å². The first kappa shape index (κ1) is 30.7. The van der Waals surface area contributed by atoms with Gasteiger partial charge in [-0.15, -0.1) is 0 Å². The molecule has 1 aromatic heterocycles. The second-order valence-corrected chi connectivity index (χ2v) is 15.4. The molecule has 52 heavy (non-hydrogen) atoms. The molecule has 10 rings (SSSR count). The van der Waals surface area contributed by atoms with Gasteiger partial charge in [0, 0.05) is 27.5 Å². The molecule has 0 unspecified atom stereocenters. The van der Waals surface area contributed by atoms with Crippen molar-refractivity contribution < 1.29 is 0 Å². The van der Waals surface area contributed by atoms with Gasteiger partial charge in [-0.3, -0.25) is 0 Å². The standard InChI is InChI=1S/C50H38N2/c1-49(2)42-23-13-11-20-39(42)47-40(21-14-24-43(47)49)46-30-45(51-48(52-46)31-15-6-5-7-16-31)38-28-27-33(34-17-8-9-18-35(34)38)32-25-26-37-36-19-10-12-22-41(36)50(3,4)44(37)29-32/h5-30H,1-4H3. The van der Waals surface area contributed by atoms with Gasteiger partial charge in [0.05, 0.1) is 11.4 Å². The molecule has 2 aliphatic carbocycles. The fourth-order valence-corrected chi connectivity index (χ4v) is 9.05. The molecule has 7 aromatic carbocycles. The van der Waals surface area contributed by atoms with Crippen molar-refractivity contribution in [3.63, 3.8) is 0 Å². The number of hydrogen-bond donors (Lipinski definition) is 0. The van der Waals surface area contributed by atoms with Gasteiger partial charge in [0.25, 0.3) is 0 Å². The summed E-state index contributed by atoms with van der Waals surface area (Å²) in [6, 6.07) is 57.3. The highest BCUT2D eigenvalue weighted by molar-refractivity contribution is 6.05. The molecule has 0 spiro atoms. The van der Waals surface area contributed by atoms with Crippen molar-refractivity contribution in [1.29, 1.82) is 0 Å². The molecule has 2 heteroatoms. The molecule has 1 heterocycles. The van der Waals surface area contributed by atoms with Crippen LogP contribution < -0.4 is 0 Å². The lowest BCUT2D eigenvalue weighted by molar-refractivity contribution is 0.660. The molecule has 0 radical (unpaired) electrons. The Morgan fingerprint density at radius 2 is 0.865 bits per heavy atom. The first-order valence-corrected chi connectivity index (χ1v) is 18.3. The maximum atomic E-state index is 5.30. The van der Waals surface area contributed by atoms with Crippen molar-refractivity contribution in [3.8, 4) is 67.3 Å². The highest BCUT2D eigenvalue weighted by atomic mass is 14.9. The summed E-state index contributed by atoms with van der Waals surface area (Å²) >= 11 is 0. The Morgan fingerprint density at radius 1 is 0.346 bits per heavy atom. The van der Waals surface area contributed by atoms with Gasteiger partial charge in [-0.1, -0.05) is 173 Å². The number of rotatable bonds is 4. The fraction of sp³-hybridized carbons (Fsp3) is 0.120. The van der Waals surface area contributed by atoms with Crippen molar-refractivity contribution in [2.24, 2.45) is 0 Å². The zero-order chi connectivity index (χ0) is 35.2. The summed E-state index contributed by atoms with van der Waals surface area (Å²) in [6.45, 7) is 9.36. The molecule has 0 aliphatic heterocycles. The van der Waals surface area contributed by atoms with E-state index in [0.717, 1.165) is 33.9 Å². The van der Waals surface area contributed by atoms with Crippen LogP contribution in [-0.4, -0.2) is 9.97 Å². The molecule has 0 atom stereocenters. The maximum absolute atomic E-state index is 5.30. The van der Waals surface area contributed by atoms with E-state index in [4.69, 9.17) is 9.97 Å². The summed E-state index contributed by atoms with van der Waals surface area (Å²) in [5.41, 5.74) is 18.1. The minimum Gasteiger partial charge on any atom is -0.228 e. The van der Waals surface area contributed by atoms with Gasteiger partial charge in [-0.25, -0.2) is 9.97 Å². The first-order valence-electron chi connectivity index (χ1n) is 18.3. The smallest absolute Gasteiger partial charge is 0.160 e. The molecular formula is C50H38N2. The minimum atomic E-state index is -0.0956. The van der Waals surface area contributed by atoms with Gasteiger partial charge in [0.15, 0.2) is 5.82 Å². The Hall–Kier alpha value is -6.12. The minimum absolute atomic E-state index is 0.0593. The quantitative estimate of drug-likeness (QED) is 0.187. The predicted molar refractivity (Wildman–Crippen MR) is 216 cm³/mol. The van der Waals surface area contributed by atoms with Crippen LogP contribution in [-0.2, 0) is 10.8 Å². The number of fused-ring (bicyclic) bond motifs is 7. The first-order chi connectivity index (χ1) is 25.3. The third-order valence-corrected chi connectivity index (χ3v) is 11.7. The zero-order valence-corrected chi connectivity index (χ0v) is 29.9. The Morgan fingerprint density at radius 3 is 1.63 bits per heavy atom. The highest BCUT2D eigenvalue weighted by Crippen LogP contribution is 2.53. The normalized spacial score (nSPS) is 14.5. The Bertz CT molecular complexity index is 2730. The van der Waals surface area contributed by atoms with E-state index in [1.807, 2.05) is 6.07 Å². The maximum Gasteiger partial charge on any atom is 0.160 e. The molecule has 0 saturated carbocycles. The van der Waals surface area contributed by atoms with E-state index in [2.05, 4.69) is 179 Å². The molecule has 0 saturated heterocycles. The predicted octanol–water partition coefficient (Wildman–Crippen LogP) is 12.9. The van der Waals surface area contributed by atoms with E-state index in [-0.39, 0.29) is 10.8 Å². The molecular weight excluding hydrogens is 629 g/mol. The van der Waals surface area contributed by atoms with Crippen LogP contribution in [0.3, 0.4) is 0 Å². The average molecular weight is 667 g/mol. The van der Waals surface area contributed by atoms with E-state index in [9.17, 15) is 0 Å². The van der Waals surface area contributed by atoms with Crippen LogP contribution >= 0.6 is 0 Å². The molecule has 8 aromatic rings. The summed E-state index contributed by atoms with van der Waals surface area (Å²) in [6.07, 6.45) is 0. The third-order valence-electron chi connectivity index (χ3n) is 11.7. The SMILES string of the molecule is CC1(C)c2ccccc2-c2ccc(-c3ccc(-c4cc(-c5cccc6c5-c5ccccc5C6(C)C)nc(-c5ccccc5)n4)c4ccccc34)cc21. The second-order valence-electron chi connectivity index (χ2n) is 15.4. The monoisotopic (exact) mass is 666 g/mol. The van der Waals surface area contributed by atoms with Crippen LogP contribution in [0.4, 0.5) is 0 Å². The van der Waals surface area contributed by atoms with Crippen molar-refractivity contribution in [2.75, 3.05) is 0 Å². The molecule has 2 aliphatic rings. The molecule has 2 nitrogen and oxygen atoms in total. The summed E-state index contributed by atoms with van der Waals surface area (Å²) in [7, 11) is 0. The summed E-state index contributed by atoms with van der Waals surface area (Å²) in [4.78, 5) is 10.6. The average Bonchev–Trinajstić information content (AvgIpc) is 3.57. The van der Waals surface area contributed by atoms with Crippen LogP contribution in [0.1, 0.15) is 49.9 Å². The van der Waals surface area contributed by atoms with E-state index in [0.29, 0.717) is 0 Å². The number of hydrogen-bond acceptors (Lipinski definition) is 2. The lowest BCUT2D eigenvalue weighted by Crippen LogP contribution is -2.14. The van der Waals surface area contributed by atoms with Crippen LogP contribution in [0.15, 0.2) is 158 Å². The van der Waals surface area contributed by atoms with Crippen molar-refractivity contribution in [1.82, 2.24) is 9.97 Å². The van der Waals surface area contributed by atoms with Crippen LogP contribution in [0.5, 0.6) is 0 Å². The van der Waals surface area contributed by atoms with E-state index in [1.54, 1.807) is 0 Å². The third kappa shape index (κ3) is 4.43. The molecule has 0 bridgehead atoms. The van der Waals surface area contributed by atoms with Crippen LogP contribution in [0.25, 0.3) is 78.1 Å². The second kappa shape index (κ2) is 11.2.